The van der Waals surface area contributed by atoms with Crippen LogP contribution in [-0.2, 0) is 4.74 Å². The van der Waals surface area contributed by atoms with Gasteiger partial charge in [-0.1, -0.05) is 78.3 Å². The Morgan fingerprint density at radius 2 is 1.58 bits per heavy atom. The highest BCUT2D eigenvalue weighted by Crippen LogP contribution is 2.44. The van der Waals surface area contributed by atoms with Crippen LogP contribution in [0.5, 0.6) is 0 Å². The molecule has 184 valence electrons. The van der Waals surface area contributed by atoms with Crippen molar-refractivity contribution in [2.75, 3.05) is 13.2 Å². The van der Waals surface area contributed by atoms with E-state index in [4.69, 9.17) is 16.3 Å². The molecular weight excluding hydrogens is 478 g/mol. The molecule has 2 unspecified atom stereocenters. The Hall–Kier alpha value is -3.65. The summed E-state index contributed by atoms with van der Waals surface area (Å²) in [6, 6.07) is 25.4. The van der Waals surface area contributed by atoms with Crippen molar-refractivity contribution in [2.45, 2.75) is 25.0 Å². The minimum atomic E-state index is -1.34. The molecule has 8 heteroatoms. The summed E-state index contributed by atoms with van der Waals surface area (Å²) in [5.74, 6) is -0.0658. The monoisotopic (exact) mass is 503 g/mol. The van der Waals surface area contributed by atoms with Crippen molar-refractivity contribution in [3.05, 3.63) is 106 Å². The van der Waals surface area contributed by atoms with E-state index in [0.29, 0.717) is 11.3 Å². The Morgan fingerprint density at radius 1 is 1.00 bits per heavy atom. The van der Waals surface area contributed by atoms with E-state index in [1.54, 1.807) is 6.92 Å². The molecule has 4 aromatic rings. The lowest BCUT2D eigenvalue weighted by Crippen LogP contribution is -2.36. The second kappa shape index (κ2) is 10.1. The van der Waals surface area contributed by atoms with E-state index in [9.17, 15) is 15.0 Å². The first kappa shape index (κ1) is 24.1. The van der Waals surface area contributed by atoms with E-state index in [1.165, 1.54) is 4.68 Å². The van der Waals surface area contributed by atoms with Gasteiger partial charge < -0.3 is 20.3 Å². The van der Waals surface area contributed by atoms with Gasteiger partial charge in [-0.15, -0.1) is 0 Å². The molecule has 36 heavy (non-hydrogen) atoms. The van der Waals surface area contributed by atoms with Crippen molar-refractivity contribution < 1.29 is 19.7 Å². The number of aliphatic hydroxyl groups excluding tert-OH is 2. The Balaban J connectivity index is 1.21. The van der Waals surface area contributed by atoms with E-state index in [1.807, 2.05) is 66.7 Å². The molecular formula is C28H26ClN3O4. The number of aromatic nitrogens is 2. The minimum absolute atomic E-state index is 0.0658. The van der Waals surface area contributed by atoms with E-state index in [2.05, 4.69) is 22.5 Å². The van der Waals surface area contributed by atoms with Gasteiger partial charge in [-0.25, -0.2) is 9.48 Å². The molecule has 1 amide bonds. The van der Waals surface area contributed by atoms with Crippen molar-refractivity contribution in [3.8, 4) is 16.8 Å². The van der Waals surface area contributed by atoms with Gasteiger partial charge >= 0.3 is 6.09 Å². The first-order valence-electron chi connectivity index (χ1n) is 11.7. The van der Waals surface area contributed by atoms with Crippen LogP contribution in [0.2, 0.25) is 5.15 Å². The van der Waals surface area contributed by atoms with Crippen LogP contribution in [0.15, 0.2) is 78.9 Å². The quantitative estimate of drug-likeness (QED) is 0.337. The topological polar surface area (TPSA) is 96.6 Å². The molecule has 1 heterocycles. The van der Waals surface area contributed by atoms with Crippen LogP contribution < -0.4 is 5.32 Å². The number of hydrogen-bond donors (Lipinski definition) is 3. The molecule has 1 aliphatic carbocycles. The summed E-state index contributed by atoms with van der Waals surface area (Å²) in [6.07, 6.45) is -3.33. The number of hydrogen-bond acceptors (Lipinski definition) is 5. The summed E-state index contributed by atoms with van der Waals surface area (Å²) in [5.41, 5.74) is 6.03. The predicted molar refractivity (Wildman–Crippen MR) is 137 cm³/mol. The molecule has 0 aliphatic heterocycles. The number of ether oxygens (including phenoxy) is 1. The maximum Gasteiger partial charge on any atom is 0.407 e. The van der Waals surface area contributed by atoms with Gasteiger partial charge in [0.1, 0.15) is 24.0 Å². The summed E-state index contributed by atoms with van der Waals surface area (Å²) < 4.78 is 7.00. The fourth-order valence-electron chi connectivity index (χ4n) is 4.73. The van der Waals surface area contributed by atoms with Crippen LogP contribution in [0, 0.1) is 6.92 Å². The largest absolute Gasteiger partial charge is 0.449 e. The zero-order valence-corrected chi connectivity index (χ0v) is 20.4. The molecule has 0 bridgehead atoms. The van der Waals surface area contributed by atoms with Crippen molar-refractivity contribution in [1.82, 2.24) is 15.1 Å². The molecule has 5 rings (SSSR count). The zero-order chi connectivity index (χ0) is 25.2. The fourth-order valence-corrected chi connectivity index (χ4v) is 5.11. The smallest absolute Gasteiger partial charge is 0.407 e. The number of amides is 1. The maximum atomic E-state index is 12.4. The molecule has 0 radical (unpaired) electrons. The third kappa shape index (κ3) is 4.48. The molecule has 1 aromatic heterocycles. The number of halogens is 1. The average molecular weight is 504 g/mol. The fraction of sp³-hybridized carbons (Fsp3) is 0.214. The van der Waals surface area contributed by atoms with Crippen LogP contribution in [0.25, 0.3) is 16.8 Å². The Labute approximate surface area is 213 Å². The summed E-state index contributed by atoms with van der Waals surface area (Å²) in [6.45, 7) is 1.65. The van der Waals surface area contributed by atoms with Gasteiger partial charge in [0.2, 0.25) is 0 Å². The predicted octanol–water partition coefficient (Wildman–Crippen LogP) is 4.77. The number of aryl methyl sites for hydroxylation is 1. The summed E-state index contributed by atoms with van der Waals surface area (Å²) in [4.78, 5) is 12.4. The summed E-state index contributed by atoms with van der Waals surface area (Å²) in [7, 11) is 0. The second-order valence-electron chi connectivity index (χ2n) is 8.76. The SMILES string of the molecule is Cc1nn(-c2ccccc2)c(Cl)c1C(O)C(O)CNC(=O)OCC1c2ccccc2-c2ccccc21. The van der Waals surface area contributed by atoms with Gasteiger partial charge in [0.25, 0.3) is 0 Å². The number of benzene rings is 3. The number of carbonyl (C=O) groups excluding carboxylic acids is 1. The number of para-hydroxylation sites is 1. The van der Waals surface area contributed by atoms with Crippen LogP contribution in [0.1, 0.15) is 34.4 Å². The highest BCUT2D eigenvalue weighted by atomic mass is 35.5. The molecule has 7 nitrogen and oxygen atoms in total. The van der Waals surface area contributed by atoms with Crippen LogP contribution >= 0.6 is 11.6 Å². The molecule has 0 fully saturated rings. The van der Waals surface area contributed by atoms with Crippen LogP contribution in [0.3, 0.4) is 0 Å². The molecule has 0 saturated heterocycles. The third-order valence-corrected chi connectivity index (χ3v) is 6.87. The maximum absolute atomic E-state index is 12.4. The number of alkyl carbamates (subject to hydrolysis) is 1. The van der Waals surface area contributed by atoms with Gasteiger partial charge in [0, 0.05) is 18.0 Å². The summed E-state index contributed by atoms with van der Waals surface area (Å²) in [5, 5.41) is 28.5. The van der Waals surface area contributed by atoms with E-state index >= 15 is 0 Å². The van der Waals surface area contributed by atoms with Gasteiger partial charge in [0.05, 0.1) is 11.4 Å². The van der Waals surface area contributed by atoms with Crippen LogP contribution in [0.4, 0.5) is 4.79 Å². The number of aliphatic hydroxyl groups is 2. The van der Waals surface area contributed by atoms with Crippen molar-refractivity contribution in [3.63, 3.8) is 0 Å². The zero-order valence-electron chi connectivity index (χ0n) is 19.6. The van der Waals surface area contributed by atoms with E-state index in [-0.39, 0.29) is 24.2 Å². The van der Waals surface area contributed by atoms with Crippen molar-refractivity contribution >= 4 is 17.7 Å². The Kier molecular flexibility index (Phi) is 6.78. The van der Waals surface area contributed by atoms with Gasteiger partial charge in [-0.2, -0.15) is 5.10 Å². The van der Waals surface area contributed by atoms with Gasteiger partial charge in [-0.3, -0.25) is 0 Å². The van der Waals surface area contributed by atoms with Gasteiger partial charge in [0.15, 0.2) is 0 Å². The number of carbonyl (C=O) groups is 1. The molecule has 0 saturated carbocycles. The van der Waals surface area contributed by atoms with Crippen LogP contribution in [-0.4, -0.2) is 45.3 Å². The summed E-state index contributed by atoms with van der Waals surface area (Å²) >= 11 is 6.49. The van der Waals surface area contributed by atoms with E-state index < -0.39 is 18.3 Å². The highest BCUT2D eigenvalue weighted by Gasteiger charge is 2.30. The molecule has 0 spiro atoms. The highest BCUT2D eigenvalue weighted by molar-refractivity contribution is 6.30. The minimum Gasteiger partial charge on any atom is -0.449 e. The molecule has 1 aliphatic rings. The molecule has 2 atom stereocenters. The number of fused-ring (bicyclic) bond motifs is 3. The lowest BCUT2D eigenvalue weighted by Gasteiger charge is -2.19. The first-order valence-corrected chi connectivity index (χ1v) is 12.1. The Morgan fingerprint density at radius 3 is 2.22 bits per heavy atom. The first-order chi connectivity index (χ1) is 17.5. The molecule has 3 aromatic carbocycles. The number of nitrogens with zero attached hydrogens (tertiary/aromatic N) is 2. The van der Waals surface area contributed by atoms with Crippen molar-refractivity contribution in [1.29, 1.82) is 0 Å². The van der Waals surface area contributed by atoms with Crippen molar-refractivity contribution in [2.24, 2.45) is 0 Å². The molecule has 3 N–H and O–H groups in total. The normalized spacial score (nSPS) is 14.1. The van der Waals surface area contributed by atoms with E-state index in [0.717, 1.165) is 27.9 Å². The van der Waals surface area contributed by atoms with Gasteiger partial charge in [-0.05, 0) is 41.3 Å². The second-order valence-corrected chi connectivity index (χ2v) is 9.11. The lowest BCUT2D eigenvalue weighted by molar-refractivity contribution is 0.0182. The standard InChI is InChI=1S/C28H26ClN3O4/c1-17-25(27(29)32(31-17)18-9-3-2-4-10-18)26(34)24(33)15-30-28(35)36-16-23-21-13-7-5-11-19(21)20-12-6-8-14-22(20)23/h2-14,23-24,26,33-34H,15-16H2,1H3,(H,30,35). The number of nitrogens with one attached hydrogen (secondary N) is 1. The number of rotatable bonds is 7. The Bertz CT molecular complexity index is 1340. The third-order valence-electron chi connectivity index (χ3n) is 6.51. The lowest BCUT2D eigenvalue weighted by atomic mass is 9.98. The average Bonchev–Trinajstić information content (AvgIpc) is 3.39.